The third kappa shape index (κ3) is 4.74. The maximum Gasteiger partial charge on any atom is 0.338 e. The van der Waals surface area contributed by atoms with Crippen LogP contribution in [0, 0.1) is 25.2 Å². The van der Waals surface area contributed by atoms with Gasteiger partial charge in [-0.3, -0.25) is 0 Å². The number of hydrogen-bond acceptors (Lipinski definition) is 6. The Morgan fingerprint density at radius 1 is 1.19 bits per heavy atom. The van der Waals surface area contributed by atoms with Crippen LogP contribution in [-0.2, 0) is 20.9 Å². The van der Waals surface area contributed by atoms with E-state index in [-0.39, 0.29) is 23.6 Å². The third-order valence-corrected chi connectivity index (χ3v) is 5.60. The Balaban J connectivity index is 2.05. The molecular formula is C25H25ClN2O4. The third-order valence-electron chi connectivity index (χ3n) is 5.34. The van der Waals surface area contributed by atoms with Gasteiger partial charge in [0.15, 0.2) is 0 Å². The molecule has 0 amide bonds. The summed E-state index contributed by atoms with van der Waals surface area (Å²) in [5, 5.41) is 10.5. The predicted molar refractivity (Wildman–Crippen MR) is 122 cm³/mol. The monoisotopic (exact) mass is 452 g/mol. The molecule has 3 rings (SSSR count). The number of benzene rings is 2. The number of carbonyl (C=O) groups is 1. The van der Waals surface area contributed by atoms with E-state index >= 15 is 0 Å². The molecule has 1 atom stereocenters. The molecule has 166 valence electrons. The van der Waals surface area contributed by atoms with Crippen molar-refractivity contribution in [3.05, 3.63) is 86.5 Å². The Kier molecular flexibility index (Phi) is 7.12. The summed E-state index contributed by atoms with van der Waals surface area (Å²) in [4.78, 5) is 12.8. The van der Waals surface area contributed by atoms with E-state index < -0.39 is 11.9 Å². The molecule has 2 aromatic rings. The van der Waals surface area contributed by atoms with Crippen molar-refractivity contribution in [2.75, 3.05) is 6.61 Å². The molecule has 7 heteroatoms. The van der Waals surface area contributed by atoms with Gasteiger partial charge in [-0.2, -0.15) is 5.26 Å². The molecule has 1 aliphatic heterocycles. The quantitative estimate of drug-likeness (QED) is 0.607. The molecule has 0 radical (unpaired) electrons. The SMILES string of the molecule is CCOC(=O)C1=C(C)OC(N)=C(C#N)[C@H]1c1cc(COc2ccc(Cl)cc2)c(C)cc1C. The maximum atomic E-state index is 12.8. The van der Waals surface area contributed by atoms with Gasteiger partial charge in [0.1, 0.15) is 29.8 Å². The van der Waals surface area contributed by atoms with E-state index in [4.69, 9.17) is 31.5 Å². The number of carbonyl (C=O) groups excluding carboxylic acids is 1. The van der Waals surface area contributed by atoms with Crippen LogP contribution >= 0.6 is 11.6 Å². The number of allylic oxidation sites excluding steroid dienone is 2. The van der Waals surface area contributed by atoms with Gasteiger partial charge in [0.2, 0.25) is 5.88 Å². The number of aryl methyl sites for hydroxylation is 2. The highest BCUT2D eigenvalue weighted by atomic mass is 35.5. The maximum absolute atomic E-state index is 12.8. The second-order valence-corrected chi connectivity index (χ2v) is 7.93. The Morgan fingerprint density at radius 3 is 2.50 bits per heavy atom. The zero-order valence-corrected chi connectivity index (χ0v) is 19.2. The Morgan fingerprint density at radius 2 is 1.88 bits per heavy atom. The molecule has 0 spiro atoms. The van der Waals surface area contributed by atoms with Crippen molar-refractivity contribution in [3.63, 3.8) is 0 Å². The summed E-state index contributed by atoms with van der Waals surface area (Å²) in [6.07, 6.45) is 0. The zero-order chi connectivity index (χ0) is 23.4. The molecule has 2 aromatic carbocycles. The van der Waals surface area contributed by atoms with Gasteiger partial charge in [0, 0.05) is 5.02 Å². The largest absolute Gasteiger partial charge is 0.489 e. The van der Waals surface area contributed by atoms with Crippen LogP contribution in [0.25, 0.3) is 0 Å². The number of ether oxygens (including phenoxy) is 3. The molecule has 1 aliphatic rings. The Hall–Kier alpha value is -3.43. The standard InChI is InChI=1S/C25H25ClN2O4/c1-5-30-25(29)22-16(4)32-24(28)21(12-27)23(22)20-11-17(14(2)10-15(20)3)13-31-19-8-6-18(26)7-9-19/h6-11,23H,5,13,28H2,1-4H3/t23-/m1/s1. The van der Waals surface area contributed by atoms with E-state index in [1.807, 2.05) is 26.0 Å². The minimum absolute atomic E-state index is 0.0120. The van der Waals surface area contributed by atoms with Crippen molar-refractivity contribution >= 4 is 17.6 Å². The summed E-state index contributed by atoms with van der Waals surface area (Å²) in [6, 6.07) is 13.2. The lowest BCUT2D eigenvalue weighted by Crippen LogP contribution is -2.26. The highest BCUT2D eigenvalue weighted by molar-refractivity contribution is 6.30. The van der Waals surface area contributed by atoms with Gasteiger partial charge >= 0.3 is 5.97 Å². The minimum Gasteiger partial charge on any atom is -0.489 e. The van der Waals surface area contributed by atoms with Gasteiger partial charge < -0.3 is 19.9 Å². The van der Waals surface area contributed by atoms with Gasteiger partial charge in [0.05, 0.1) is 18.1 Å². The number of esters is 1. The number of nitriles is 1. The van der Waals surface area contributed by atoms with E-state index in [0.717, 1.165) is 22.3 Å². The molecule has 32 heavy (non-hydrogen) atoms. The molecule has 0 aromatic heterocycles. The molecular weight excluding hydrogens is 428 g/mol. The highest BCUT2D eigenvalue weighted by Crippen LogP contribution is 2.41. The summed E-state index contributed by atoms with van der Waals surface area (Å²) < 4.78 is 16.7. The molecule has 0 bridgehead atoms. The topological polar surface area (TPSA) is 94.6 Å². The normalized spacial score (nSPS) is 15.8. The lowest BCUT2D eigenvalue weighted by molar-refractivity contribution is -0.139. The number of nitrogens with two attached hydrogens (primary N) is 1. The molecule has 0 saturated heterocycles. The van der Waals surface area contributed by atoms with Gasteiger partial charge in [-0.05, 0) is 74.2 Å². The van der Waals surface area contributed by atoms with Gasteiger partial charge in [-0.15, -0.1) is 0 Å². The van der Waals surface area contributed by atoms with Crippen LogP contribution in [0.4, 0.5) is 0 Å². The fourth-order valence-corrected chi connectivity index (χ4v) is 3.87. The first kappa shape index (κ1) is 23.2. The zero-order valence-electron chi connectivity index (χ0n) is 18.5. The second-order valence-electron chi connectivity index (χ2n) is 7.49. The smallest absolute Gasteiger partial charge is 0.338 e. The molecule has 0 fully saturated rings. The van der Waals surface area contributed by atoms with E-state index in [2.05, 4.69) is 6.07 Å². The van der Waals surface area contributed by atoms with Crippen molar-refractivity contribution in [2.45, 2.75) is 40.2 Å². The fourth-order valence-electron chi connectivity index (χ4n) is 3.74. The van der Waals surface area contributed by atoms with Crippen LogP contribution in [0.2, 0.25) is 5.02 Å². The summed E-state index contributed by atoms with van der Waals surface area (Å²) in [5.41, 5.74) is 10.1. The highest BCUT2D eigenvalue weighted by Gasteiger charge is 2.37. The predicted octanol–water partition coefficient (Wildman–Crippen LogP) is 5.18. The second kappa shape index (κ2) is 9.80. The molecule has 1 heterocycles. The fraction of sp³-hybridized carbons (Fsp3) is 0.280. The first-order chi connectivity index (χ1) is 15.3. The average Bonchev–Trinajstić information content (AvgIpc) is 2.74. The van der Waals surface area contributed by atoms with Crippen molar-refractivity contribution in [1.29, 1.82) is 5.26 Å². The summed E-state index contributed by atoms with van der Waals surface area (Å²) in [6.45, 7) is 7.81. The van der Waals surface area contributed by atoms with E-state index in [9.17, 15) is 10.1 Å². The van der Waals surface area contributed by atoms with Crippen LogP contribution in [-0.4, -0.2) is 12.6 Å². The lowest BCUT2D eigenvalue weighted by atomic mass is 9.80. The van der Waals surface area contributed by atoms with Crippen LogP contribution in [0.5, 0.6) is 5.75 Å². The van der Waals surface area contributed by atoms with Crippen LogP contribution < -0.4 is 10.5 Å². The molecule has 6 nitrogen and oxygen atoms in total. The van der Waals surface area contributed by atoms with Gasteiger partial charge in [-0.25, -0.2) is 4.79 Å². The minimum atomic E-state index is -0.692. The number of halogens is 1. The number of nitrogens with zero attached hydrogens (tertiary/aromatic N) is 1. The van der Waals surface area contributed by atoms with E-state index in [0.29, 0.717) is 23.1 Å². The number of rotatable bonds is 6. The van der Waals surface area contributed by atoms with Crippen molar-refractivity contribution in [2.24, 2.45) is 5.73 Å². The average molecular weight is 453 g/mol. The molecule has 0 unspecified atom stereocenters. The van der Waals surface area contributed by atoms with Crippen LogP contribution in [0.3, 0.4) is 0 Å². The van der Waals surface area contributed by atoms with Gasteiger partial charge in [-0.1, -0.05) is 23.7 Å². The summed E-state index contributed by atoms with van der Waals surface area (Å²) in [5.74, 6) is -0.227. The Labute approximate surface area is 192 Å². The molecule has 0 aliphatic carbocycles. The Bertz CT molecular complexity index is 1140. The summed E-state index contributed by atoms with van der Waals surface area (Å²) >= 11 is 5.94. The van der Waals surface area contributed by atoms with Crippen LogP contribution in [0.1, 0.15) is 42.0 Å². The number of hydrogen-bond donors (Lipinski definition) is 1. The van der Waals surface area contributed by atoms with Gasteiger partial charge in [0.25, 0.3) is 0 Å². The van der Waals surface area contributed by atoms with E-state index in [1.165, 1.54) is 0 Å². The van der Waals surface area contributed by atoms with Crippen molar-refractivity contribution in [3.8, 4) is 11.8 Å². The summed E-state index contributed by atoms with van der Waals surface area (Å²) in [7, 11) is 0. The first-order valence-corrected chi connectivity index (χ1v) is 10.6. The first-order valence-electron chi connectivity index (χ1n) is 10.2. The molecule has 0 saturated carbocycles. The lowest BCUT2D eigenvalue weighted by Gasteiger charge is -2.28. The van der Waals surface area contributed by atoms with Crippen LogP contribution in [0.15, 0.2) is 59.2 Å². The van der Waals surface area contributed by atoms with Crippen molar-refractivity contribution in [1.82, 2.24) is 0 Å². The van der Waals surface area contributed by atoms with Crippen molar-refractivity contribution < 1.29 is 19.0 Å². The molecule has 2 N–H and O–H groups in total. The van der Waals surface area contributed by atoms with E-state index in [1.54, 1.807) is 38.1 Å².